The van der Waals surface area contributed by atoms with Crippen LogP contribution in [0.5, 0.6) is 0 Å². The first-order valence-electron chi connectivity index (χ1n) is 7.92. The molecule has 7 heteroatoms. The van der Waals surface area contributed by atoms with Gasteiger partial charge in [0, 0.05) is 10.9 Å². The smallest absolute Gasteiger partial charge is 0.333 e. The van der Waals surface area contributed by atoms with Gasteiger partial charge in [-0.2, -0.15) is 18.4 Å². The number of nitrogens with one attached hydrogen (secondary N) is 1. The minimum atomic E-state index is -4.65. The minimum Gasteiger partial charge on any atom is -0.333 e. The van der Waals surface area contributed by atoms with E-state index in [1.54, 1.807) is 24.3 Å². The molecule has 0 bridgehead atoms. The molecule has 1 amide bonds. The molecule has 0 spiro atoms. The molecule has 0 heterocycles. The lowest BCUT2D eigenvalue weighted by Crippen LogP contribution is -2.57. The van der Waals surface area contributed by atoms with E-state index in [0.717, 1.165) is 17.7 Å². The van der Waals surface area contributed by atoms with Crippen LogP contribution in [0.25, 0.3) is 0 Å². The Labute approximate surface area is 153 Å². The van der Waals surface area contributed by atoms with Gasteiger partial charge in [-0.25, -0.2) is 0 Å². The summed E-state index contributed by atoms with van der Waals surface area (Å²) in [6.07, 6.45) is -3.63. The zero-order valence-corrected chi connectivity index (χ0v) is 14.2. The van der Waals surface area contributed by atoms with E-state index < -0.39 is 28.7 Å². The van der Waals surface area contributed by atoms with Crippen molar-refractivity contribution < 1.29 is 18.0 Å². The molecule has 1 N–H and O–H groups in total. The van der Waals surface area contributed by atoms with Crippen LogP contribution in [-0.4, -0.2) is 11.4 Å². The van der Waals surface area contributed by atoms with Crippen molar-refractivity contribution in [1.29, 1.82) is 5.26 Å². The Hall–Kier alpha value is -2.52. The second-order valence-corrected chi connectivity index (χ2v) is 6.66. The summed E-state index contributed by atoms with van der Waals surface area (Å²) >= 11 is 5.87. The topological polar surface area (TPSA) is 52.9 Å². The Kier molecular flexibility index (Phi) is 4.68. The van der Waals surface area contributed by atoms with Crippen LogP contribution in [0.1, 0.15) is 40.2 Å². The summed E-state index contributed by atoms with van der Waals surface area (Å²) in [5, 5.41) is 12.7. The van der Waals surface area contributed by atoms with Crippen LogP contribution in [0.3, 0.4) is 0 Å². The summed E-state index contributed by atoms with van der Waals surface area (Å²) in [6, 6.07) is 13.5. The Bertz CT molecular complexity index is 874. The van der Waals surface area contributed by atoms with Gasteiger partial charge in [-0.05, 0) is 42.7 Å². The molecular weight excluding hydrogens is 365 g/mol. The first-order valence-corrected chi connectivity index (χ1v) is 8.30. The van der Waals surface area contributed by atoms with Gasteiger partial charge in [0.25, 0.3) is 5.91 Å². The van der Waals surface area contributed by atoms with E-state index in [2.05, 4.69) is 11.4 Å². The number of rotatable bonds is 3. The highest BCUT2D eigenvalue weighted by Gasteiger charge is 2.50. The maximum absolute atomic E-state index is 13.1. The van der Waals surface area contributed by atoms with Gasteiger partial charge >= 0.3 is 6.18 Å². The number of carbonyl (C=O) groups is 1. The van der Waals surface area contributed by atoms with E-state index in [-0.39, 0.29) is 5.92 Å². The van der Waals surface area contributed by atoms with Crippen LogP contribution in [-0.2, 0) is 6.18 Å². The molecule has 2 atom stereocenters. The molecule has 134 valence electrons. The van der Waals surface area contributed by atoms with Crippen LogP contribution >= 0.6 is 11.6 Å². The third-order valence-corrected chi connectivity index (χ3v) is 4.96. The minimum absolute atomic E-state index is 0.299. The molecule has 0 aliphatic heterocycles. The van der Waals surface area contributed by atoms with Crippen molar-refractivity contribution in [2.75, 3.05) is 0 Å². The second kappa shape index (κ2) is 6.65. The summed E-state index contributed by atoms with van der Waals surface area (Å²) in [5.74, 6) is -1.20. The highest BCUT2D eigenvalue weighted by atomic mass is 35.5. The second-order valence-electron chi connectivity index (χ2n) is 6.22. The Morgan fingerprint density at radius 1 is 1.19 bits per heavy atom. The van der Waals surface area contributed by atoms with Crippen molar-refractivity contribution in [2.24, 2.45) is 0 Å². The van der Waals surface area contributed by atoms with Crippen LogP contribution in [0, 0.1) is 11.3 Å². The van der Waals surface area contributed by atoms with Crippen molar-refractivity contribution >= 4 is 17.5 Å². The van der Waals surface area contributed by atoms with Gasteiger partial charge in [-0.1, -0.05) is 35.9 Å². The fourth-order valence-electron chi connectivity index (χ4n) is 3.23. The third kappa shape index (κ3) is 3.27. The Morgan fingerprint density at radius 2 is 1.85 bits per heavy atom. The van der Waals surface area contributed by atoms with Crippen molar-refractivity contribution in [3.63, 3.8) is 0 Å². The summed E-state index contributed by atoms with van der Waals surface area (Å²) in [7, 11) is 0. The van der Waals surface area contributed by atoms with Gasteiger partial charge < -0.3 is 5.32 Å². The molecule has 1 aliphatic carbocycles. The van der Waals surface area contributed by atoms with Crippen molar-refractivity contribution in [1.82, 2.24) is 5.32 Å². The number of hydrogen-bond donors (Lipinski definition) is 1. The van der Waals surface area contributed by atoms with Crippen LogP contribution < -0.4 is 5.32 Å². The van der Waals surface area contributed by atoms with Gasteiger partial charge in [0.1, 0.15) is 5.54 Å². The summed E-state index contributed by atoms with van der Waals surface area (Å²) in [6.45, 7) is 0. The molecule has 26 heavy (non-hydrogen) atoms. The van der Waals surface area contributed by atoms with Gasteiger partial charge in [-0.15, -0.1) is 0 Å². The number of nitriles is 1. The van der Waals surface area contributed by atoms with Crippen molar-refractivity contribution in [3.05, 3.63) is 70.2 Å². The van der Waals surface area contributed by atoms with Gasteiger partial charge in [0.15, 0.2) is 0 Å². The van der Waals surface area contributed by atoms with E-state index in [1.807, 2.05) is 0 Å². The molecule has 1 aliphatic rings. The number of hydrogen-bond acceptors (Lipinski definition) is 2. The number of amides is 1. The molecule has 0 saturated heterocycles. The number of halogens is 4. The fourth-order valence-corrected chi connectivity index (χ4v) is 3.36. The molecule has 3 nitrogen and oxygen atoms in total. The number of carbonyl (C=O) groups excluding carboxylic acids is 1. The molecular formula is C19H14ClF3N2O. The molecule has 3 rings (SSSR count). The van der Waals surface area contributed by atoms with E-state index in [9.17, 15) is 23.2 Å². The molecule has 1 unspecified atom stereocenters. The SMILES string of the molecule is N#C[C@]1(NC(=O)c2ccccc2C(F)(F)F)CCC1c1ccc(Cl)cc1. The lowest BCUT2D eigenvalue weighted by atomic mass is 9.64. The number of benzene rings is 2. The van der Waals surface area contributed by atoms with Gasteiger partial charge in [0.2, 0.25) is 0 Å². The lowest BCUT2D eigenvalue weighted by Gasteiger charge is -2.45. The first kappa shape index (κ1) is 18.3. The normalized spacial score (nSPS) is 22.2. The van der Waals surface area contributed by atoms with Crippen LogP contribution in [0.4, 0.5) is 13.2 Å². The molecule has 2 aromatic rings. The zero-order chi connectivity index (χ0) is 18.9. The number of alkyl halides is 3. The van der Waals surface area contributed by atoms with Crippen molar-refractivity contribution in [2.45, 2.75) is 30.5 Å². The van der Waals surface area contributed by atoms with Gasteiger partial charge in [0.05, 0.1) is 17.2 Å². The first-order chi connectivity index (χ1) is 12.3. The van der Waals surface area contributed by atoms with Gasteiger partial charge in [-0.3, -0.25) is 4.79 Å². The summed E-state index contributed by atoms with van der Waals surface area (Å²) in [4.78, 5) is 12.5. The average molecular weight is 379 g/mol. The van der Waals surface area contributed by atoms with Crippen LogP contribution in [0.2, 0.25) is 5.02 Å². The highest BCUT2D eigenvalue weighted by Crippen LogP contribution is 2.46. The zero-order valence-electron chi connectivity index (χ0n) is 13.5. The van der Waals surface area contributed by atoms with Crippen LogP contribution in [0.15, 0.2) is 48.5 Å². The summed E-state index contributed by atoms with van der Waals surface area (Å²) in [5.41, 5.74) is -1.93. The highest BCUT2D eigenvalue weighted by molar-refractivity contribution is 6.30. The van der Waals surface area contributed by atoms with E-state index in [4.69, 9.17) is 11.6 Å². The lowest BCUT2D eigenvalue weighted by molar-refractivity contribution is -0.138. The maximum atomic E-state index is 13.1. The van der Waals surface area contributed by atoms with E-state index in [0.29, 0.717) is 17.9 Å². The Morgan fingerprint density at radius 3 is 2.38 bits per heavy atom. The molecule has 0 aromatic heterocycles. The average Bonchev–Trinajstić information content (AvgIpc) is 2.59. The van der Waals surface area contributed by atoms with E-state index in [1.165, 1.54) is 12.1 Å². The fraction of sp³-hybridized carbons (Fsp3) is 0.263. The Balaban J connectivity index is 1.89. The predicted octanol–water partition coefficient (Wildman–Crippen LogP) is 4.93. The molecule has 1 fully saturated rings. The van der Waals surface area contributed by atoms with E-state index >= 15 is 0 Å². The number of nitrogens with zero attached hydrogens (tertiary/aromatic N) is 1. The molecule has 2 aromatic carbocycles. The van der Waals surface area contributed by atoms with Crippen molar-refractivity contribution in [3.8, 4) is 6.07 Å². The molecule has 1 saturated carbocycles. The largest absolute Gasteiger partial charge is 0.417 e. The maximum Gasteiger partial charge on any atom is 0.417 e. The summed E-state index contributed by atoms with van der Waals surface area (Å²) < 4.78 is 39.4. The molecule has 0 radical (unpaired) electrons. The third-order valence-electron chi connectivity index (χ3n) is 4.71. The quantitative estimate of drug-likeness (QED) is 0.823. The monoisotopic (exact) mass is 378 g/mol. The standard InChI is InChI=1S/C19H14ClF3N2O/c20-13-7-5-12(6-8-13)15-9-10-18(15,11-24)25-17(26)14-3-1-2-4-16(14)19(21,22)23/h1-8,15H,9-10H2,(H,25,26)/t15?,18-/m1/s1. The predicted molar refractivity (Wildman–Crippen MR) is 90.7 cm³/mol.